The highest BCUT2D eigenvalue weighted by molar-refractivity contribution is 6.38. The summed E-state index contributed by atoms with van der Waals surface area (Å²) in [6.07, 6.45) is 1.16. The summed E-state index contributed by atoms with van der Waals surface area (Å²) < 4.78 is 49.3. The molecule has 3 aromatic carbocycles. The second kappa shape index (κ2) is 12.7. The molecule has 248 valence electrons. The van der Waals surface area contributed by atoms with Crippen LogP contribution in [-0.2, 0) is 4.79 Å². The highest BCUT2D eigenvalue weighted by Crippen LogP contribution is 2.43. The molecule has 7 rings (SSSR count). The number of rotatable bonds is 7. The predicted molar refractivity (Wildman–Crippen MR) is 179 cm³/mol. The number of carbonyl (C=O) groups excluding carboxylic acids is 1. The van der Waals surface area contributed by atoms with Gasteiger partial charge < -0.3 is 14.5 Å². The molecule has 4 heterocycles. The van der Waals surface area contributed by atoms with Gasteiger partial charge >= 0.3 is 6.01 Å². The summed E-state index contributed by atoms with van der Waals surface area (Å²) in [5, 5.41) is 11.7. The molecule has 0 N–H and O–H groups in total. The van der Waals surface area contributed by atoms with Crippen molar-refractivity contribution in [3.05, 3.63) is 70.7 Å². The average Bonchev–Trinajstić information content (AvgIpc) is 3.60. The fourth-order valence-corrected chi connectivity index (χ4v) is 8.10. The maximum Gasteiger partial charge on any atom is 0.319 e. The molecule has 1 aromatic heterocycles. The van der Waals surface area contributed by atoms with Crippen LogP contribution in [0.5, 0.6) is 6.01 Å². The van der Waals surface area contributed by atoms with E-state index in [9.17, 15) is 23.2 Å². The van der Waals surface area contributed by atoms with Gasteiger partial charge in [0, 0.05) is 54.0 Å². The minimum absolute atomic E-state index is 0.0262. The van der Waals surface area contributed by atoms with Gasteiger partial charge in [0.05, 0.1) is 34.6 Å². The van der Waals surface area contributed by atoms with Crippen LogP contribution >= 0.6 is 23.2 Å². The maximum atomic E-state index is 14.6. The van der Waals surface area contributed by atoms with Crippen LogP contribution in [0.2, 0.25) is 10.0 Å². The van der Waals surface area contributed by atoms with Crippen LogP contribution in [-0.4, -0.2) is 82.8 Å². The number of benzene rings is 3. The Morgan fingerprint density at radius 3 is 2.75 bits per heavy atom. The van der Waals surface area contributed by atoms with Crippen molar-refractivity contribution >= 4 is 56.6 Å². The van der Waals surface area contributed by atoms with Gasteiger partial charge in [-0.1, -0.05) is 54.0 Å². The maximum absolute atomic E-state index is 14.6. The van der Waals surface area contributed by atoms with Crippen molar-refractivity contribution in [2.24, 2.45) is 0 Å². The van der Waals surface area contributed by atoms with Crippen molar-refractivity contribution in [2.75, 3.05) is 44.2 Å². The lowest BCUT2D eigenvalue weighted by Gasteiger charge is -2.41. The first-order chi connectivity index (χ1) is 23.1. The monoisotopic (exact) mass is 694 g/mol. The van der Waals surface area contributed by atoms with Crippen molar-refractivity contribution < 1.29 is 22.7 Å². The smallest absolute Gasteiger partial charge is 0.319 e. The van der Waals surface area contributed by atoms with Crippen molar-refractivity contribution in [1.82, 2.24) is 19.8 Å². The quantitative estimate of drug-likeness (QED) is 0.188. The summed E-state index contributed by atoms with van der Waals surface area (Å²) in [5.74, 6) is -2.05. The topological polar surface area (TPSA) is 85.6 Å². The van der Waals surface area contributed by atoms with E-state index in [0.29, 0.717) is 51.2 Å². The van der Waals surface area contributed by atoms with E-state index in [2.05, 4.69) is 17.5 Å². The average molecular weight is 696 g/mol. The molecule has 0 unspecified atom stereocenters. The minimum atomic E-state index is -1.09. The van der Waals surface area contributed by atoms with E-state index in [-0.39, 0.29) is 43.7 Å². The first kappa shape index (κ1) is 32.4. The Balaban J connectivity index is 1.33. The number of hydrogen-bond acceptors (Lipinski definition) is 7. The Bertz CT molecular complexity index is 2010. The molecular weight excluding hydrogens is 664 g/mol. The van der Waals surface area contributed by atoms with Gasteiger partial charge in [0.2, 0.25) is 0 Å². The van der Waals surface area contributed by atoms with Crippen LogP contribution in [0.3, 0.4) is 0 Å². The second-order valence-corrected chi connectivity index (χ2v) is 13.5. The Kier molecular flexibility index (Phi) is 8.60. The van der Waals surface area contributed by atoms with Gasteiger partial charge in [0.25, 0.3) is 5.91 Å². The van der Waals surface area contributed by atoms with E-state index < -0.39 is 35.3 Å². The van der Waals surface area contributed by atoms with Crippen LogP contribution in [0.15, 0.2) is 54.9 Å². The van der Waals surface area contributed by atoms with E-state index in [1.165, 1.54) is 11.0 Å². The molecule has 3 atom stereocenters. The Hall–Kier alpha value is -4.11. The third-order valence-corrected chi connectivity index (χ3v) is 10.5. The number of hydrogen-bond donors (Lipinski definition) is 0. The van der Waals surface area contributed by atoms with E-state index in [1.807, 2.05) is 23.1 Å². The summed E-state index contributed by atoms with van der Waals surface area (Å²) >= 11 is 13.4. The molecule has 8 nitrogen and oxygen atoms in total. The number of halogens is 5. The van der Waals surface area contributed by atoms with Crippen molar-refractivity contribution in [3.8, 4) is 23.2 Å². The van der Waals surface area contributed by atoms with Gasteiger partial charge in [-0.15, -0.1) is 0 Å². The molecule has 0 bridgehead atoms. The minimum Gasteiger partial charge on any atom is -0.461 e. The number of carbonyl (C=O) groups is 1. The molecule has 0 spiro atoms. The van der Waals surface area contributed by atoms with E-state index in [1.54, 1.807) is 18.2 Å². The number of fused-ring (bicyclic) bond motifs is 3. The third kappa shape index (κ3) is 5.70. The van der Waals surface area contributed by atoms with E-state index >= 15 is 0 Å². The van der Waals surface area contributed by atoms with E-state index in [0.717, 1.165) is 24.8 Å². The molecular formula is C35H31Cl2F3N6O2. The molecule has 3 aliphatic heterocycles. The summed E-state index contributed by atoms with van der Waals surface area (Å²) in [4.78, 5) is 27.5. The SMILES string of the molecule is C=C(F)C(=O)N1CCN(c2nc(OC[C@@]34CCCN3C[C@H](F)C4)nc3cc(-c4cccc5ccc(F)c(Cl)c45)c(Cl)cc23)C[C@@H]1CC#N. The fraction of sp³-hybridized carbons (Fsp3) is 0.371. The number of ether oxygens (including phenoxy) is 1. The van der Waals surface area contributed by atoms with Crippen molar-refractivity contribution in [1.29, 1.82) is 5.26 Å². The molecule has 3 aliphatic rings. The van der Waals surface area contributed by atoms with Gasteiger partial charge in [-0.25, -0.2) is 13.2 Å². The molecule has 3 fully saturated rings. The zero-order valence-electron chi connectivity index (χ0n) is 25.9. The molecule has 0 saturated carbocycles. The summed E-state index contributed by atoms with van der Waals surface area (Å²) in [7, 11) is 0. The lowest BCUT2D eigenvalue weighted by atomic mass is 9.95. The molecule has 1 amide bonds. The number of nitriles is 1. The highest BCUT2D eigenvalue weighted by Gasteiger charge is 2.49. The van der Waals surface area contributed by atoms with Gasteiger partial charge in [0.1, 0.15) is 24.4 Å². The lowest BCUT2D eigenvalue weighted by molar-refractivity contribution is -0.131. The standard InChI is InChI=1S/C35H31Cl2F3N6O2/c1-20(38)33(47)46-13-12-44(18-23(46)8-10-41)32-26-14-27(36)25(24-5-2-4-21-6-7-28(40)31(37)30(21)24)15-29(26)42-34(43-32)48-19-35-9-3-11-45(35)17-22(39)16-35/h2,4-7,14-15,22-23H,1,3,8-9,11-13,16-19H2/t22-,23+,35+/m1/s1. The second-order valence-electron chi connectivity index (χ2n) is 12.7. The predicted octanol–water partition coefficient (Wildman–Crippen LogP) is 7.27. The number of amides is 1. The molecule has 3 saturated heterocycles. The largest absolute Gasteiger partial charge is 0.461 e. The number of nitrogens with zero attached hydrogens (tertiary/aromatic N) is 6. The number of aromatic nitrogens is 2. The molecule has 48 heavy (non-hydrogen) atoms. The first-order valence-corrected chi connectivity index (χ1v) is 16.5. The summed E-state index contributed by atoms with van der Waals surface area (Å²) in [6, 6.07) is 13.5. The summed E-state index contributed by atoms with van der Waals surface area (Å²) in [6.45, 7) is 5.09. The molecule has 0 aliphatic carbocycles. The highest BCUT2D eigenvalue weighted by atomic mass is 35.5. The van der Waals surface area contributed by atoms with E-state index in [4.69, 9.17) is 37.9 Å². The van der Waals surface area contributed by atoms with Crippen molar-refractivity contribution in [2.45, 2.75) is 43.4 Å². The van der Waals surface area contributed by atoms with Crippen molar-refractivity contribution in [3.63, 3.8) is 0 Å². The summed E-state index contributed by atoms with van der Waals surface area (Å²) in [5.41, 5.74) is 1.21. The lowest BCUT2D eigenvalue weighted by Crippen LogP contribution is -2.55. The normalized spacial score (nSPS) is 22.7. The Labute approximate surface area is 285 Å². The molecule has 13 heteroatoms. The third-order valence-electron chi connectivity index (χ3n) is 9.80. The van der Waals surface area contributed by atoms with Crippen LogP contribution in [0.25, 0.3) is 32.8 Å². The van der Waals surface area contributed by atoms with Gasteiger partial charge in [-0.2, -0.15) is 15.2 Å². The Morgan fingerprint density at radius 2 is 1.96 bits per heavy atom. The fourth-order valence-electron chi connectivity index (χ4n) is 7.56. The van der Waals surface area contributed by atoms with Crippen LogP contribution in [0.4, 0.5) is 19.0 Å². The van der Waals surface area contributed by atoms with Crippen LogP contribution in [0.1, 0.15) is 25.7 Å². The zero-order valence-corrected chi connectivity index (χ0v) is 27.4. The molecule has 0 radical (unpaired) electrons. The Morgan fingerprint density at radius 1 is 1.12 bits per heavy atom. The van der Waals surface area contributed by atoms with Gasteiger partial charge in [-0.05, 0) is 48.5 Å². The van der Waals surface area contributed by atoms with Gasteiger partial charge in [-0.3, -0.25) is 9.69 Å². The zero-order chi connectivity index (χ0) is 33.7. The molecule has 4 aromatic rings. The first-order valence-electron chi connectivity index (χ1n) is 15.8. The van der Waals surface area contributed by atoms with Crippen LogP contribution < -0.4 is 9.64 Å². The number of anilines is 1. The number of alkyl halides is 1. The van der Waals surface area contributed by atoms with Crippen LogP contribution in [0, 0.1) is 17.1 Å². The van der Waals surface area contributed by atoms with Gasteiger partial charge in [0.15, 0.2) is 5.83 Å². The number of piperazine rings is 1.